The Morgan fingerprint density at radius 2 is 1.89 bits per heavy atom. The summed E-state index contributed by atoms with van der Waals surface area (Å²) in [4.78, 5) is 4.43. The number of rotatable bonds is 3. The monoisotopic (exact) mass is 323 g/mol. The van der Waals surface area contributed by atoms with E-state index in [-0.39, 0.29) is 0 Å². The van der Waals surface area contributed by atoms with Crippen LogP contribution in [0.1, 0.15) is 17.0 Å². The van der Waals surface area contributed by atoms with E-state index < -0.39 is 0 Å². The fraction of sp³-hybridized carbons (Fsp3) is 0.357. The Hall–Kier alpha value is -1.33. The van der Waals surface area contributed by atoms with Crippen molar-refractivity contribution in [3.05, 3.63) is 33.7 Å². The van der Waals surface area contributed by atoms with E-state index in [1.54, 1.807) is 7.11 Å². The van der Waals surface area contributed by atoms with E-state index in [0.717, 1.165) is 38.6 Å². The highest BCUT2D eigenvalue weighted by molar-refractivity contribution is 9.10. The van der Waals surface area contributed by atoms with Gasteiger partial charge in [-0.15, -0.1) is 0 Å². The number of ether oxygens (including phenoxy) is 1. The highest BCUT2D eigenvalue weighted by Crippen LogP contribution is 2.33. The Balaban J connectivity index is 2.63. The molecule has 0 fully saturated rings. The molecule has 102 valence electrons. The van der Waals surface area contributed by atoms with Crippen LogP contribution in [0, 0.1) is 13.8 Å². The predicted molar refractivity (Wildman–Crippen MR) is 80.3 cm³/mol. The minimum Gasteiger partial charge on any atom is -0.496 e. The van der Waals surface area contributed by atoms with Gasteiger partial charge in [0.2, 0.25) is 0 Å². The van der Waals surface area contributed by atoms with Crippen LogP contribution in [0.2, 0.25) is 0 Å². The molecule has 1 heterocycles. The van der Waals surface area contributed by atoms with Crippen LogP contribution in [0.5, 0.6) is 5.75 Å². The molecule has 0 spiro atoms. The minimum absolute atomic E-state index is 0.420. The molecule has 19 heavy (non-hydrogen) atoms. The molecular weight excluding hydrogens is 306 g/mol. The third-order valence-electron chi connectivity index (χ3n) is 3.27. The van der Waals surface area contributed by atoms with Gasteiger partial charge in [0.1, 0.15) is 16.2 Å². The average molecular weight is 324 g/mol. The largest absolute Gasteiger partial charge is 0.496 e. The number of imidazole rings is 1. The van der Waals surface area contributed by atoms with Gasteiger partial charge < -0.3 is 15.0 Å². The number of nitrogens with zero attached hydrogens (tertiary/aromatic N) is 2. The highest BCUT2D eigenvalue weighted by atomic mass is 79.9. The van der Waals surface area contributed by atoms with Crippen molar-refractivity contribution >= 4 is 15.9 Å². The summed E-state index contributed by atoms with van der Waals surface area (Å²) in [6.45, 7) is 4.51. The van der Waals surface area contributed by atoms with Crippen LogP contribution >= 0.6 is 15.9 Å². The van der Waals surface area contributed by atoms with Gasteiger partial charge in [-0.3, -0.25) is 0 Å². The lowest BCUT2D eigenvalue weighted by Crippen LogP contribution is -2.05. The summed E-state index contributed by atoms with van der Waals surface area (Å²) in [6, 6.07) is 4.21. The van der Waals surface area contributed by atoms with E-state index >= 15 is 0 Å². The first-order valence-electron chi connectivity index (χ1n) is 6.06. The number of aromatic nitrogens is 2. The average Bonchev–Trinajstić information content (AvgIpc) is 2.63. The first kappa shape index (κ1) is 14.1. The summed E-state index contributed by atoms with van der Waals surface area (Å²) in [5.74, 6) is 1.79. The molecule has 1 aromatic heterocycles. The van der Waals surface area contributed by atoms with Crippen molar-refractivity contribution in [1.29, 1.82) is 0 Å². The van der Waals surface area contributed by atoms with Crippen LogP contribution < -0.4 is 10.5 Å². The summed E-state index contributed by atoms with van der Waals surface area (Å²) in [5.41, 5.74) is 10.1. The van der Waals surface area contributed by atoms with E-state index in [1.807, 2.05) is 25.5 Å². The topological polar surface area (TPSA) is 53.1 Å². The van der Waals surface area contributed by atoms with Crippen molar-refractivity contribution < 1.29 is 4.74 Å². The molecule has 0 aliphatic rings. The molecule has 0 atom stereocenters. The molecule has 5 heteroatoms. The number of aryl methyl sites for hydroxylation is 2. The second-order valence-electron chi connectivity index (χ2n) is 4.57. The number of nitrogens with two attached hydrogens (primary N) is 1. The maximum atomic E-state index is 5.69. The van der Waals surface area contributed by atoms with Crippen LogP contribution in [0.15, 0.2) is 16.7 Å². The molecule has 2 N–H and O–H groups in total. The van der Waals surface area contributed by atoms with Gasteiger partial charge in [0, 0.05) is 12.6 Å². The molecule has 2 aromatic rings. The van der Waals surface area contributed by atoms with Gasteiger partial charge in [-0.25, -0.2) is 4.98 Å². The molecule has 1 aromatic carbocycles. The number of methoxy groups -OCH3 is 1. The minimum atomic E-state index is 0.420. The third kappa shape index (κ3) is 2.40. The summed E-state index contributed by atoms with van der Waals surface area (Å²) < 4.78 is 8.24. The number of hydrogen-bond acceptors (Lipinski definition) is 3. The quantitative estimate of drug-likeness (QED) is 0.944. The summed E-state index contributed by atoms with van der Waals surface area (Å²) in [5, 5.41) is 0. The van der Waals surface area contributed by atoms with Gasteiger partial charge in [0.25, 0.3) is 0 Å². The molecule has 0 saturated heterocycles. The SMILES string of the molecule is COc1c(C)cc(-c2c(Br)nc(CN)n2C)cc1C. The van der Waals surface area contributed by atoms with Crippen molar-refractivity contribution in [3.63, 3.8) is 0 Å². The Kier molecular flexibility index (Phi) is 3.96. The van der Waals surface area contributed by atoms with Crippen LogP contribution in [0.4, 0.5) is 0 Å². The van der Waals surface area contributed by atoms with Gasteiger partial charge in [0.15, 0.2) is 0 Å². The maximum absolute atomic E-state index is 5.69. The van der Waals surface area contributed by atoms with Gasteiger partial charge in [-0.05, 0) is 53.0 Å². The van der Waals surface area contributed by atoms with Crippen LogP contribution in [0.3, 0.4) is 0 Å². The first-order chi connectivity index (χ1) is 8.99. The molecule has 0 amide bonds. The smallest absolute Gasteiger partial charge is 0.132 e. The summed E-state index contributed by atoms with van der Waals surface area (Å²) in [6.07, 6.45) is 0. The highest BCUT2D eigenvalue weighted by Gasteiger charge is 2.15. The van der Waals surface area contributed by atoms with Crippen molar-refractivity contribution in [2.45, 2.75) is 20.4 Å². The number of benzene rings is 1. The molecule has 0 bridgehead atoms. The Labute approximate surface area is 121 Å². The zero-order valence-electron chi connectivity index (χ0n) is 11.6. The van der Waals surface area contributed by atoms with Crippen LogP contribution in [-0.4, -0.2) is 16.7 Å². The zero-order chi connectivity index (χ0) is 14.2. The Bertz CT molecular complexity index is 596. The molecule has 0 unspecified atom stereocenters. The fourth-order valence-corrected chi connectivity index (χ4v) is 3.11. The van der Waals surface area contributed by atoms with E-state index in [0.29, 0.717) is 6.54 Å². The molecule has 0 aliphatic heterocycles. The lowest BCUT2D eigenvalue weighted by atomic mass is 10.0. The number of halogens is 1. The predicted octanol–water partition coefficient (Wildman–Crippen LogP) is 2.93. The van der Waals surface area contributed by atoms with Crippen molar-refractivity contribution in [1.82, 2.24) is 9.55 Å². The second kappa shape index (κ2) is 5.35. The van der Waals surface area contributed by atoms with Gasteiger partial charge in [-0.2, -0.15) is 0 Å². The van der Waals surface area contributed by atoms with Crippen molar-refractivity contribution in [2.75, 3.05) is 7.11 Å². The van der Waals surface area contributed by atoms with Crippen molar-refractivity contribution in [3.8, 4) is 17.0 Å². The third-order valence-corrected chi connectivity index (χ3v) is 3.82. The van der Waals surface area contributed by atoms with Gasteiger partial charge in [-0.1, -0.05) is 0 Å². The summed E-state index contributed by atoms with van der Waals surface area (Å²) in [7, 11) is 3.67. The summed E-state index contributed by atoms with van der Waals surface area (Å²) >= 11 is 3.51. The fourth-order valence-electron chi connectivity index (χ4n) is 2.41. The molecule has 0 radical (unpaired) electrons. The van der Waals surface area contributed by atoms with Gasteiger partial charge >= 0.3 is 0 Å². The standard InChI is InChI=1S/C14H18BrN3O/c1-8-5-10(6-9(2)13(8)19-4)12-14(15)17-11(7-16)18(12)3/h5-6H,7,16H2,1-4H3. The maximum Gasteiger partial charge on any atom is 0.132 e. The van der Waals surface area contributed by atoms with E-state index in [1.165, 1.54) is 0 Å². The molecular formula is C14H18BrN3O. The second-order valence-corrected chi connectivity index (χ2v) is 5.33. The van der Waals surface area contributed by atoms with Crippen LogP contribution in [0.25, 0.3) is 11.3 Å². The van der Waals surface area contributed by atoms with Crippen molar-refractivity contribution in [2.24, 2.45) is 12.8 Å². The normalized spacial score (nSPS) is 10.8. The van der Waals surface area contributed by atoms with E-state index in [4.69, 9.17) is 10.5 Å². The molecule has 4 nitrogen and oxygen atoms in total. The lowest BCUT2D eigenvalue weighted by Gasteiger charge is -2.12. The van der Waals surface area contributed by atoms with E-state index in [9.17, 15) is 0 Å². The molecule has 2 rings (SSSR count). The lowest BCUT2D eigenvalue weighted by molar-refractivity contribution is 0.408. The Morgan fingerprint density at radius 1 is 1.32 bits per heavy atom. The van der Waals surface area contributed by atoms with Gasteiger partial charge in [0.05, 0.1) is 19.3 Å². The Morgan fingerprint density at radius 3 is 2.32 bits per heavy atom. The number of hydrogen-bond donors (Lipinski definition) is 1. The first-order valence-corrected chi connectivity index (χ1v) is 6.85. The van der Waals surface area contributed by atoms with E-state index in [2.05, 4.69) is 33.0 Å². The molecule has 0 aliphatic carbocycles. The van der Waals surface area contributed by atoms with Crippen LogP contribution in [-0.2, 0) is 13.6 Å². The zero-order valence-corrected chi connectivity index (χ0v) is 13.2. The molecule has 0 saturated carbocycles.